The average Bonchev–Trinajstić information content (AvgIpc) is 2.74. The number of aryl methyl sites for hydroxylation is 1. The van der Waals surface area contributed by atoms with E-state index in [9.17, 15) is 0 Å². The van der Waals surface area contributed by atoms with Crippen molar-refractivity contribution in [3.8, 4) is 0 Å². The summed E-state index contributed by atoms with van der Waals surface area (Å²) in [6.07, 6.45) is 3.58. The number of hydrogen-bond acceptors (Lipinski definition) is 3. The van der Waals surface area contributed by atoms with Gasteiger partial charge in [0.25, 0.3) is 0 Å². The Hall–Kier alpha value is -1.26. The van der Waals surface area contributed by atoms with Gasteiger partial charge in [-0.2, -0.15) is 0 Å². The quantitative estimate of drug-likeness (QED) is 0.833. The largest absolute Gasteiger partial charge is 0.339 e. The third kappa shape index (κ3) is 2.40. The maximum absolute atomic E-state index is 5.58. The Kier molecular flexibility index (Phi) is 3.08. The van der Waals surface area contributed by atoms with Gasteiger partial charge < -0.3 is 10.7 Å². The van der Waals surface area contributed by atoms with Gasteiger partial charge in [-0.25, -0.2) is 4.98 Å². The minimum atomic E-state index is 0.590. The Labute approximate surface area is 93.1 Å². The van der Waals surface area contributed by atoms with E-state index < -0.39 is 0 Å². The van der Waals surface area contributed by atoms with Gasteiger partial charge in [0.1, 0.15) is 0 Å². The molecule has 1 aromatic carbocycles. The third-order valence-corrected chi connectivity index (χ3v) is 3.25. The number of nitrogens with two attached hydrogens (primary N) is 1. The summed E-state index contributed by atoms with van der Waals surface area (Å²) in [5, 5.41) is 0.915. The molecule has 2 aromatic rings. The molecule has 0 aliphatic carbocycles. The molecule has 0 amide bonds. The first-order chi connectivity index (χ1) is 7.29. The highest BCUT2D eigenvalue weighted by molar-refractivity contribution is 7.99. The van der Waals surface area contributed by atoms with Gasteiger partial charge in [0.05, 0.1) is 0 Å². The highest BCUT2D eigenvalue weighted by Crippen LogP contribution is 2.27. The minimum Gasteiger partial charge on any atom is -0.339 e. The smallest absolute Gasteiger partial charge is 0.170 e. The molecule has 0 aliphatic heterocycles. The Morgan fingerprint density at radius 2 is 2.33 bits per heavy atom. The molecule has 3 N–H and O–H groups in total. The first-order valence-corrected chi connectivity index (χ1v) is 5.58. The number of nitrogens with zero attached hydrogens (tertiary/aromatic N) is 1. The van der Waals surface area contributed by atoms with Crippen molar-refractivity contribution in [2.45, 2.75) is 23.5 Å². The zero-order valence-electron chi connectivity index (χ0n) is 8.53. The summed E-state index contributed by atoms with van der Waals surface area (Å²) in [5.41, 5.74) is 7.98. The average molecular weight is 219 g/mol. The first kappa shape index (κ1) is 10.3. The molecular formula is C11H13N3S. The second-order valence-electron chi connectivity index (χ2n) is 3.30. The predicted octanol–water partition coefficient (Wildman–Crippen LogP) is 2.33. The number of imidazole rings is 1. The molecule has 0 saturated heterocycles. The van der Waals surface area contributed by atoms with Crippen molar-refractivity contribution >= 4 is 11.8 Å². The third-order valence-electron chi connectivity index (χ3n) is 2.15. The highest BCUT2D eigenvalue weighted by Gasteiger charge is 2.03. The number of hydrogen-bond donors (Lipinski definition) is 2. The van der Waals surface area contributed by atoms with Crippen LogP contribution in [0.5, 0.6) is 0 Å². The molecule has 15 heavy (non-hydrogen) atoms. The predicted molar refractivity (Wildman–Crippen MR) is 61.8 cm³/mol. The Balaban J connectivity index is 2.22. The maximum atomic E-state index is 5.58. The zero-order valence-corrected chi connectivity index (χ0v) is 9.34. The van der Waals surface area contributed by atoms with Gasteiger partial charge in [0.2, 0.25) is 0 Å². The van der Waals surface area contributed by atoms with Crippen molar-refractivity contribution < 1.29 is 0 Å². The lowest BCUT2D eigenvalue weighted by atomic mass is 10.1. The van der Waals surface area contributed by atoms with Crippen LogP contribution in [-0.2, 0) is 6.54 Å². The van der Waals surface area contributed by atoms with Gasteiger partial charge in [-0.15, -0.1) is 0 Å². The molecule has 0 fully saturated rings. The van der Waals surface area contributed by atoms with Crippen LogP contribution in [0.1, 0.15) is 11.1 Å². The fourth-order valence-electron chi connectivity index (χ4n) is 1.36. The van der Waals surface area contributed by atoms with Crippen LogP contribution >= 0.6 is 11.8 Å². The summed E-state index contributed by atoms with van der Waals surface area (Å²) in [6.45, 7) is 2.68. The molecule has 2 rings (SSSR count). The Morgan fingerprint density at radius 3 is 2.93 bits per heavy atom. The van der Waals surface area contributed by atoms with Gasteiger partial charge in [0, 0.05) is 23.8 Å². The van der Waals surface area contributed by atoms with Crippen LogP contribution < -0.4 is 5.73 Å². The number of nitrogens with one attached hydrogen (secondary N) is 1. The molecule has 0 unspecified atom stereocenters. The van der Waals surface area contributed by atoms with Crippen LogP contribution in [0.25, 0.3) is 0 Å². The van der Waals surface area contributed by atoms with E-state index in [0.717, 1.165) is 10.7 Å². The summed E-state index contributed by atoms with van der Waals surface area (Å²) in [5.74, 6) is 0. The number of aromatic nitrogens is 2. The molecule has 0 saturated carbocycles. The highest BCUT2D eigenvalue weighted by atomic mass is 32.2. The van der Waals surface area contributed by atoms with Crippen LogP contribution in [0.3, 0.4) is 0 Å². The fourth-order valence-corrected chi connectivity index (χ4v) is 2.17. The van der Waals surface area contributed by atoms with Crippen molar-refractivity contribution in [3.05, 3.63) is 41.7 Å². The lowest BCUT2D eigenvalue weighted by Crippen LogP contribution is -1.96. The standard InChI is InChI=1S/C11H13N3S/c1-8-6-9(7-12)2-3-10(8)15-11-13-4-5-14-11/h2-6H,7,12H2,1H3,(H,13,14). The van der Waals surface area contributed by atoms with E-state index in [1.165, 1.54) is 10.5 Å². The van der Waals surface area contributed by atoms with Gasteiger partial charge in [-0.3, -0.25) is 0 Å². The van der Waals surface area contributed by atoms with E-state index in [2.05, 4.69) is 35.1 Å². The van der Waals surface area contributed by atoms with Gasteiger partial charge in [-0.1, -0.05) is 23.9 Å². The van der Waals surface area contributed by atoms with Crippen molar-refractivity contribution in [1.82, 2.24) is 9.97 Å². The SMILES string of the molecule is Cc1cc(CN)ccc1Sc1ncc[nH]1. The van der Waals surface area contributed by atoms with E-state index in [-0.39, 0.29) is 0 Å². The summed E-state index contributed by atoms with van der Waals surface area (Å²) in [7, 11) is 0. The number of benzene rings is 1. The van der Waals surface area contributed by atoms with Crippen LogP contribution in [0, 0.1) is 6.92 Å². The van der Waals surface area contributed by atoms with Gasteiger partial charge in [0.15, 0.2) is 5.16 Å². The molecular weight excluding hydrogens is 206 g/mol. The van der Waals surface area contributed by atoms with Gasteiger partial charge >= 0.3 is 0 Å². The Morgan fingerprint density at radius 1 is 1.47 bits per heavy atom. The van der Waals surface area contributed by atoms with E-state index >= 15 is 0 Å². The molecule has 0 spiro atoms. The molecule has 1 heterocycles. The second kappa shape index (κ2) is 4.51. The lowest BCUT2D eigenvalue weighted by molar-refractivity contribution is 1.04. The number of rotatable bonds is 3. The molecule has 0 aliphatic rings. The first-order valence-electron chi connectivity index (χ1n) is 4.76. The summed E-state index contributed by atoms with van der Waals surface area (Å²) < 4.78 is 0. The summed E-state index contributed by atoms with van der Waals surface area (Å²) in [6, 6.07) is 6.26. The molecule has 0 bridgehead atoms. The topological polar surface area (TPSA) is 54.7 Å². The fraction of sp³-hybridized carbons (Fsp3) is 0.182. The monoisotopic (exact) mass is 219 g/mol. The molecule has 1 aromatic heterocycles. The van der Waals surface area contributed by atoms with Crippen LogP contribution in [0.4, 0.5) is 0 Å². The van der Waals surface area contributed by atoms with E-state index in [4.69, 9.17) is 5.73 Å². The summed E-state index contributed by atoms with van der Waals surface area (Å²) in [4.78, 5) is 8.46. The lowest BCUT2D eigenvalue weighted by Gasteiger charge is -2.05. The van der Waals surface area contributed by atoms with Gasteiger partial charge in [-0.05, 0) is 24.1 Å². The molecule has 4 heteroatoms. The molecule has 78 valence electrons. The van der Waals surface area contributed by atoms with Crippen molar-refractivity contribution in [3.63, 3.8) is 0 Å². The normalized spacial score (nSPS) is 10.5. The van der Waals surface area contributed by atoms with E-state index in [1.54, 1.807) is 18.0 Å². The van der Waals surface area contributed by atoms with E-state index in [1.807, 2.05) is 6.20 Å². The van der Waals surface area contributed by atoms with Crippen molar-refractivity contribution in [2.75, 3.05) is 0 Å². The molecule has 0 atom stereocenters. The molecule has 3 nitrogen and oxygen atoms in total. The van der Waals surface area contributed by atoms with Crippen molar-refractivity contribution in [1.29, 1.82) is 0 Å². The number of aromatic amines is 1. The van der Waals surface area contributed by atoms with Crippen LogP contribution in [0.15, 0.2) is 40.6 Å². The minimum absolute atomic E-state index is 0.590. The molecule has 0 radical (unpaired) electrons. The van der Waals surface area contributed by atoms with Crippen LogP contribution in [0.2, 0.25) is 0 Å². The maximum Gasteiger partial charge on any atom is 0.170 e. The zero-order chi connectivity index (χ0) is 10.7. The number of H-pyrrole nitrogens is 1. The summed E-state index contributed by atoms with van der Waals surface area (Å²) >= 11 is 1.63. The Bertz CT molecular complexity index is 437. The van der Waals surface area contributed by atoms with E-state index in [0.29, 0.717) is 6.54 Å². The second-order valence-corrected chi connectivity index (χ2v) is 4.33. The van der Waals surface area contributed by atoms with Crippen LogP contribution in [-0.4, -0.2) is 9.97 Å². The van der Waals surface area contributed by atoms with Crippen molar-refractivity contribution in [2.24, 2.45) is 5.73 Å².